The van der Waals surface area contributed by atoms with E-state index in [2.05, 4.69) is 0 Å². The Morgan fingerprint density at radius 1 is 1.04 bits per heavy atom. The fourth-order valence-electron chi connectivity index (χ4n) is 2.52. The summed E-state index contributed by atoms with van der Waals surface area (Å²) in [6.45, 7) is 12.3. The topological polar surface area (TPSA) is 126 Å². The fraction of sp³-hybridized carbons (Fsp3) is 0.789. The number of nitrogens with zero attached hydrogens (tertiary/aromatic N) is 3. The minimum Gasteiger partial charge on any atom is -0.444 e. The second kappa shape index (κ2) is 8.78. The summed E-state index contributed by atoms with van der Waals surface area (Å²) in [5.41, 5.74) is 3.84. The molecule has 0 radical (unpaired) electrons. The highest BCUT2D eigenvalue weighted by atomic mass is 16.6. The number of hydrogen-bond donors (Lipinski definition) is 1. The Labute approximate surface area is 166 Å². The molecule has 2 aliphatic heterocycles. The molecule has 0 bridgehead atoms. The predicted molar refractivity (Wildman–Crippen MR) is 102 cm³/mol. The van der Waals surface area contributed by atoms with E-state index in [1.54, 1.807) is 20.8 Å². The van der Waals surface area contributed by atoms with Gasteiger partial charge in [0.05, 0.1) is 19.2 Å². The zero-order chi connectivity index (χ0) is 21.8. The van der Waals surface area contributed by atoms with Crippen LogP contribution in [-0.2, 0) is 14.3 Å². The Balaban J connectivity index is 0.000000283. The largest absolute Gasteiger partial charge is 0.444 e. The number of likely N-dealkylation sites (tertiary alicyclic amines) is 2. The van der Waals surface area contributed by atoms with Crippen molar-refractivity contribution in [1.82, 2.24) is 9.80 Å². The van der Waals surface area contributed by atoms with E-state index in [4.69, 9.17) is 20.5 Å². The van der Waals surface area contributed by atoms with Crippen LogP contribution in [0.1, 0.15) is 54.4 Å². The van der Waals surface area contributed by atoms with Crippen LogP contribution in [0.25, 0.3) is 0 Å². The van der Waals surface area contributed by atoms with E-state index < -0.39 is 28.9 Å². The van der Waals surface area contributed by atoms with Gasteiger partial charge in [-0.2, -0.15) is 5.26 Å². The first kappa shape index (κ1) is 23.7. The van der Waals surface area contributed by atoms with Crippen LogP contribution >= 0.6 is 0 Å². The highest BCUT2D eigenvalue weighted by Crippen LogP contribution is 2.20. The third-order valence-corrected chi connectivity index (χ3v) is 3.85. The molecule has 2 N–H and O–H groups in total. The summed E-state index contributed by atoms with van der Waals surface area (Å²) in [4.78, 5) is 36.8. The summed E-state index contributed by atoms with van der Waals surface area (Å²) in [7, 11) is 0. The van der Waals surface area contributed by atoms with E-state index in [9.17, 15) is 14.4 Å². The van der Waals surface area contributed by atoms with Crippen LogP contribution < -0.4 is 5.73 Å². The average molecular weight is 396 g/mol. The summed E-state index contributed by atoms with van der Waals surface area (Å²) in [6.07, 6.45) is 0.172. The quantitative estimate of drug-likeness (QED) is 0.664. The Bertz CT molecular complexity index is 644. The van der Waals surface area contributed by atoms with Crippen molar-refractivity contribution in [3.05, 3.63) is 0 Å². The molecular formula is C19H32N4O5. The second-order valence-corrected chi connectivity index (χ2v) is 9.11. The van der Waals surface area contributed by atoms with Gasteiger partial charge in [-0.25, -0.2) is 9.59 Å². The maximum atomic E-state index is 11.6. The number of carbonyl (C=O) groups excluding carboxylic acids is 3. The summed E-state index contributed by atoms with van der Waals surface area (Å²) >= 11 is 0. The predicted octanol–water partition coefficient (Wildman–Crippen LogP) is 2.04. The van der Waals surface area contributed by atoms with Crippen LogP contribution in [0.15, 0.2) is 0 Å². The monoisotopic (exact) mass is 396 g/mol. The molecule has 9 heteroatoms. The number of amides is 2. The lowest BCUT2D eigenvalue weighted by Gasteiger charge is -2.24. The Kier molecular flexibility index (Phi) is 7.43. The van der Waals surface area contributed by atoms with Crippen LogP contribution in [0.4, 0.5) is 9.59 Å². The molecule has 0 aromatic heterocycles. The lowest BCUT2D eigenvalue weighted by atomic mass is 10.0. The molecule has 9 nitrogen and oxygen atoms in total. The number of nitrogens with two attached hydrogens (primary N) is 1. The van der Waals surface area contributed by atoms with E-state index in [-0.39, 0.29) is 18.9 Å². The first-order chi connectivity index (χ1) is 12.6. The number of rotatable bonds is 0. The molecule has 2 aliphatic rings. The van der Waals surface area contributed by atoms with Crippen LogP contribution in [0, 0.1) is 11.3 Å². The molecule has 0 saturated carbocycles. The molecular weight excluding hydrogens is 364 g/mol. The normalized spacial score (nSPS) is 22.3. The molecule has 1 unspecified atom stereocenters. The van der Waals surface area contributed by atoms with Crippen molar-refractivity contribution in [3.63, 3.8) is 0 Å². The first-order valence-electron chi connectivity index (χ1n) is 9.32. The van der Waals surface area contributed by atoms with E-state index >= 15 is 0 Å². The summed E-state index contributed by atoms with van der Waals surface area (Å²) < 4.78 is 10.3. The van der Waals surface area contributed by atoms with E-state index in [1.165, 1.54) is 9.80 Å². The first-order valence-corrected chi connectivity index (χ1v) is 9.32. The highest BCUT2D eigenvalue weighted by Gasteiger charge is 2.38. The van der Waals surface area contributed by atoms with Crippen LogP contribution in [0.5, 0.6) is 0 Å². The van der Waals surface area contributed by atoms with Gasteiger partial charge in [0.25, 0.3) is 0 Å². The minimum atomic E-state index is -0.906. The van der Waals surface area contributed by atoms with Gasteiger partial charge in [0.15, 0.2) is 5.78 Å². The SMILES string of the molecule is CC(C)(C)OC(=O)N1CCC(=O)C1.CC(C)(C)OC(=O)N1CCC(N)(C#N)C1. The molecule has 0 spiro atoms. The number of ether oxygens (including phenoxy) is 2. The van der Waals surface area contributed by atoms with Gasteiger partial charge in [0, 0.05) is 19.5 Å². The van der Waals surface area contributed by atoms with Crippen LogP contribution in [0.2, 0.25) is 0 Å². The fourth-order valence-corrected chi connectivity index (χ4v) is 2.52. The van der Waals surface area contributed by atoms with E-state index in [0.717, 1.165) is 0 Å². The van der Waals surface area contributed by atoms with Crippen molar-refractivity contribution in [2.45, 2.75) is 71.1 Å². The van der Waals surface area contributed by atoms with Crippen molar-refractivity contribution >= 4 is 18.0 Å². The maximum absolute atomic E-state index is 11.6. The van der Waals surface area contributed by atoms with Gasteiger partial charge in [-0.05, 0) is 48.0 Å². The zero-order valence-corrected chi connectivity index (χ0v) is 17.7. The molecule has 0 aromatic carbocycles. The standard InChI is InChI=1S/C10H17N3O2.C9H15NO3/c1-9(2,3)15-8(14)13-5-4-10(12,6-11)7-13;1-9(2,3)13-8(12)10-5-4-7(11)6-10/h4-5,7,12H2,1-3H3;4-6H2,1-3H3. The Hall–Kier alpha value is -2.34. The Morgan fingerprint density at radius 3 is 1.89 bits per heavy atom. The van der Waals surface area contributed by atoms with Crippen LogP contribution in [-0.4, -0.2) is 70.7 Å². The van der Waals surface area contributed by atoms with Crippen molar-refractivity contribution in [3.8, 4) is 6.07 Å². The van der Waals surface area contributed by atoms with Gasteiger partial charge in [-0.15, -0.1) is 0 Å². The van der Waals surface area contributed by atoms with Crippen molar-refractivity contribution < 1.29 is 23.9 Å². The van der Waals surface area contributed by atoms with Gasteiger partial charge >= 0.3 is 12.2 Å². The van der Waals surface area contributed by atoms with Crippen molar-refractivity contribution in [1.29, 1.82) is 5.26 Å². The molecule has 0 aliphatic carbocycles. The van der Waals surface area contributed by atoms with Crippen molar-refractivity contribution in [2.24, 2.45) is 5.73 Å². The van der Waals surface area contributed by atoms with E-state index in [1.807, 2.05) is 26.8 Å². The number of carbonyl (C=O) groups is 3. The summed E-state index contributed by atoms with van der Waals surface area (Å²) in [5.74, 6) is 0.103. The highest BCUT2D eigenvalue weighted by molar-refractivity contribution is 5.87. The number of ketones is 1. The maximum Gasteiger partial charge on any atom is 0.410 e. The van der Waals surface area contributed by atoms with Crippen molar-refractivity contribution in [2.75, 3.05) is 26.2 Å². The summed E-state index contributed by atoms with van der Waals surface area (Å²) in [6, 6.07) is 2.02. The second-order valence-electron chi connectivity index (χ2n) is 9.11. The van der Waals surface area contributed by atoms with Gasteiger partial charge in [-0.1, -0.05) is 0 Å². The molecule has 2 fully saturated rings. The number of nitriles is 1. The lowest BCUT2D eigenvalue weighted by Crippen LogP contribution is -2.43. The van der Waals surface area contributed by atoms with Gasteiger partial charge in [0.2, 0.25) is 0 Å². The third-order valence-electron chi connectivity index (χ3n) is 3.85. The molecule has 28 heavy (non-hydrogen) atoms. The molecule has 2 saturated heterocycles. The lowest BCUT2D eigenvalue weighted by molar-refractivity contribution is -0.116. The van der Waals surface area contributed by atoms with Gasteiger partial charge in [-0.3, -0.25) is 4.79 Å². The molecule has 1 atom stereocenters. The molecule has 2 heterocycles. The van der Waals surface area contributed by atoms with Gasteiger partial charge in [0.1, 0.15) is 16.7 Å². The molecule has 2 rings (SSSR count). The van der Waals surface area contributed by atoms with Crippen LogP contribution in [0.3, 0.4) is 0 Å². The number of hydrogen-bond acceptors (Lipinski definition) is 7. The van der Waals surface area contributed by atoms with E-state index in [0.29, 0.717) is 25.9 Å². The molecule has 2 amide bonds. The third kappa shape index (κ3) is 8.13. The van der Waals surface area contributed by atoms with Gasteiger partial charge < -0.3 is 25.0 Å². The smallest absolute Gasteiger partial charge is 0.410 e. The zero-order valence-electron chi connectivity index (χ0n) is 17.7. The summed E-state index contributed by atoms with van der Waals surface area (Å²) in [5, 5.41) is 8.80. The molecule has 158 valence electrons. The minimum absolute atomic E-state index is 0.103. The Morgan fingerprint density at radius 2 is 1.54 bits per heavy atom. The molecule has 0 aromatic rings. The average Bonchev–Trinajstić information content (AvgIpc) is 3.12. The number of Topliss-reactive ketones (excluding diaryl/α,β-unsaturated/α-hetero) is 1.